The summed E-state index contributed by atoms with van der Waals surface area (Å²) in [6.45, 7) is 11.0. The van der Waals surface area contributed by atoms with E-state index < -0.39 is 0 Å². The van der Waals surface area contributed by atoms with Crippen LogP contribution in [-0.4, -0.2) is 3.21 Å². The minimum atomic E-state index is 0. The largest absolute Gasteiger partial charge is 1.00 e. The first kappa shape index (κ1) is 30.4. The standard InChI is InChI=1S/C13H9.C10H15.C8H8.2ClH.Zr/c1-3-7-12-10(5-1)9-11-6-2-4-8-13(11)12;1-7(2)10-6-8(3)5-9(10)4;1-2-8-6-4-3-5-7-8;;;/h1-5,7-8H,9H2;5-7H,1-4H3;3-7H,1H3;2*1H;/q2*-1;;;;+2/p-2. The van der Waals surface area contributed by atoms with Crippen molar-refractivity contribution in [2.45, 2.75) is 47.0 Å². The Morgan fingerprint density at radius 3 is 2.03 bits per heavy atom. The molecule has 4 aromatic carbocycles. The molecule has 0 radical (unpaired) electrons. The summed E-state index contributed by atoms with van der Waals surface area (Å²) in [6.07, 6.45) is 1.05. The van der Waals surface area contributed by atoms with Crippen molar-refractivity contribution in [1.29, 1.82) is 0 Å². The van der Waals surface area contributed by atoms with E-state index in [1.807, 2.05) is 12.1 Å². The molecule has 0 fully saturated rings. The van der Waals surface area contributed by atoms with Crippen LogP contribution in [0.1, 0.15) is 60.1 Å². The van der Waals surface area contributed by atoms with Gasteiger partial charge in [0.2, 0.25) is 0 Å². The van der Waals surface area contributed by atoms with Gasteiger partial charge in [0.25, 0.3) is 0 Å². The SMILES string of the molecule is C[C](=[Zr+2])c1ccccc1.Cc1cc(C(C)C)c(C)[cH-]1.[Cl-].[Cl-].[c-]1cccc2c1Cc1ccccc1-2. The van der Waals surface area contributed by atoms with Gasteiger partial charge >= 0.3 is 70.3 Å². The number of hydrogen-bond donors (Lipinski definition) is 0. The van der Waals surface area contributed by atoms with Gasteiger partial charge in [-0.1, -0.05) is 69.0 Å². The Morgan fingerprint density at radius 2 is 1.50 bits per heavy atom. The van der Waals surface area contributed by atoms with E-state index in [1.165, 1.54) is 71.9 Å². The predicted molar refractivity (Wildman–Crippen MR) is 135 cm³/mol. The van der Waals surface area contributed by atoms with Crippen LogP contribution in [0.25, 0.3) is 11.1 Å². The maximum atomic E-state index is 3.30. The van der Waals surface area contributed by atoms with Crippen LogP contribution in [0.15, 0.2) is 84.9 Å². The molecule has 1 aliphatic rings. The van der Waals surface area contributed by atoms with Crippen molar-refractivity contribution in [3.63, 3.8) is 0 Å². The molecule has 0 saturated carbocycles. The van der Waals surface area contributed by atoms with E-state index in [-0.39, 0.29) is 24.8 Å². The second-order valence-electron chi connectivity index (χ2n) is 8.71. The quantitative estimate of drug-likeness (QED) is 0.287. The van der Waals surface area contributed by atoms with Crippen LogP contribution in [0.3, 0.4) is 0 Å². The first-order valence-corrected chi connectivity index (χ1v) is 12.5. The summed E-state index contributed by atoms with van der Waals surface area (Å²) < 4.78 is 1.46. The van der Waals surface area contributed by atoms with Gasteiger partial charge < -0.3 is 24.8 Å². The number of aryl methyl sites for hydroxylation is 2. The molecule has 0 N–H and O–H groups in total. The number of halogens is 2. The zero-order valence-electron chi connectivity index (χ0n) is 20.6. The van der Waals surface area contributed by atoms with Gasteiger partial charge in [0.15, 0.2) is 0 Å². The van der Waals surface area contributed by atoms with E-state index in [4.69, 9.17) is 0 Å². The van der Waals surface area contributed by atoms with Crippen LogP contribution in [0.2, 0.25) is 0 Å². The van der Waals surface area contributed by atoms with Gasteiger partial charge in [-0.2, -0.15) is 52.6 Å². The van der Waals surface area contributed by atoms with Gasteiger partial charge in [0, 0.05) is 0 Å². The molecule has 0 amide bonds. The zero-order chi connectivity index (χ0) is 23.1. The molecule has 3 heteroatoms. The van der Waals surface area contributed by atoms with Crippen molar-refractivity contribution < 1.29 is 49.0 Å². The second-order valence-corrected chi connectivity index (χ2v) is 10.6. The van der Waals surface area contributed by atoms with Gasteiger partial charge in [0.1, 0.15) is 0 Å². The van der Waals surface area contributed by atoms with Crippen LogP contribution < -0.4 is 24.8 Å². The molecule has 0 bridgehead atoms. The fourth-order valence-corrected chi connectivity index (χ4v) is 4.54. The van der Waals surface area contributed by atoms with Crippen LogP contribution in [0.5, 0.6) is 0 Å². The van der Waals surface area contributed by atoms with E-state index in [9.17, 15) is 0 Å². The summed E-state index contributed by atoms with van der Waals surface area (Å²) in [5.41, 5.74) is 11.2. The summed E-state index contributed by atoms with van der Waals surface area (Å²) in [6, 6.07) is 33.1. The van der Waals surface area contributed by atoms with E-state index in [2.05, 4.69) is 113 Å². The number of rotatable bonds is 2. The monoisotopic (exact) mass is 564 g/mol. The second kappa shape index (κ2) is 14.7. The molecule has 0 saturated heterocycles. The first-order chi connectivity index (χ1) is 15.4. The molecular weight excluding hydrogens is 534 g/mol. The summed E-state index contributed by atoms with van der Waals surface area (Å²) in [7, 11) is 0. The van der Waals surface area contributed by atoms with Crippen LogP contribution in [0.4, 0.5) is 0 Å². The summed E-state index contributed by atoms with van der Waals surface area (Å²) >= 11 is 1.51. The van der Waals surface area contributed by atoms with Gasteiger partial charge in [0.05, 0.1) is 0 Å². The van der Waals surface area contributed by atoms with Crippen molar-refractivity contribution in [3.8, 4) is 11.1 Å². The minimum absolute atomic E-state index is 0. The number of fused-ring (bicyclic) bond motifs is 3. The Labute approximate surface area is 233 Å². The molecule has 0 atom stereocenters. The molecule has 1 aliphatic carbocycles. The average molecular weight is 567 g/mol. The normalized spacial score (nSPS) is 10.4. The number of hydrogen-bond acceptors (Lipinski definition) is 0. The Bertz CT molecular complexity index is 1130. The average Bonchev–Trinajstić information content (AvgIpc) is 3.34. The van der Waals surface area contributed by atoms with E-state index in [1.54, 1.807) is 0 Å². The van der Waals surface area contributed by atoms with Gasteiger partial charge in [-0.25, -0.2) is 6.07 Å². The maximum Gasteiger partial charge on any atom is -0.0253 e. The molecule has 0 heterocycles. The topological polar surface area (TPSA) is 0 Å². The van der Waals surface area contributed by atoms with Crippen LogP contribution >= 0.6 is 0 Å². The Balaban J connectivity index is 0.000000253. The van der Waals surface area contributed by atoms with Gasteiger partial charge in [-0.15, -0.1) is 5.56 Å². The smallest absolute Gasteiger partial charge is 0.0253 e. The molecule has 4 aromatic rings. The Kier molecular flexibility index (Phi) is 13.1. The van der Waals surface area contributed by atoms with E-state index in [0.717, 1.165) is 6.42 Å². The number of benzene rings is 3. The van der Waals surface area contributed by atoms with Crippen molar-refractivity contribution >= 4 is 3.21 Å². The van der Waals surface area contributed by atoms with Crippen LogP contribution in [0, 0.1) is 19.9 Å². The van der Waals surface area contributed by atoms with Gasteiger partial charge in [-0.3, -0.25) is 0 Å². The van der Waals surface area contributed by atoms with Crippen molar-refractivity contribution in [2.24, 2.45) is 0 Å². The summed E-state index contributed by atoms with van der Waals surface area (Å²) in [4.78, 5) is 0. The van der Waals surface area contributed by atoms with Crippen molar-refractivity contribution in [3.05, 3.63) is 124 Å². The summed E-state index contributed by atoms with van der Waals surface area (Å²) in [5, 5.41) is 0. The Morgan fingerprint density at radius 1 is 0.882 bits per heavy atom. The third-order valence-electron chi connectivity index (χ3n) is 5.73. The maximum absolute atomic E-state index is 3.30. The van der Waals surface area contributed by atoms with Gasteiger partial charge in [-0.05, 0) is 6.42 Å². The molecule has 0 aromatic heterocycles. The first-order valence-electron chi connectivity index (χ1n) is 11.3. The molecule has 0 nitrogen and oxygen atoms in total. The fourth-order valence-electron chi connectivity index (χ4n) is 4.13. The van der Waals surface area contributed by atoms with Crippen molar-refractivity contribution in [2.75, 3.05) is 0 Å². The summed E-state index contributed by atoms with van der Waals surface area (Å²) in [5.74, 6) is 0.675. The third-order valence-corrected chi connectivity index (χ3v) is 6.44. The molecule has 176 valence electrons. The molecule has 0 unspecified atom stereocenters. The third kappa shape index (κ3) is 8.23. The van der Waals surface area contributed by atoms with E-state index in [0.29, 0.717) is 5.92 Å². The minimum Gasteiger partial charge on any atom is -1.00 e. The van der Waals surface area contributed by atoms with Crippen molar-refractivity contribution in [1.82, 2.24) is 0 Å². The molecule has 5 rings (SSSR count). The van der Waals surface area contributed by atoms with Crippen LogP contribution in [-0.2, 0) is 30.7 Å². The zero-order valence-corrected chi connectivity index (χ0v) is 24.6. The molecule has 0 spiro atoms. The molecular formula is C31H32Cl2Zr-2. The predicted octanol–water partition coefficient (Wildman–Crippen LogP) is 1.99. The van der Waals surface area contributed by atoms with E-state index >= 15 is 0 Å². The Hall–Kier alpha value is -1.66. The molecule has 0 aliphatic heterocycles. The molecule has 34 heavy (non-hydrogen) atoms. The fraction of sp³-hybridized carbons (Fsp3) is 0.226.